The fourth-order valence-corrected chi connectivity index (χ4v) is 3.50. The van der Waals surface area contributed by atoms with E-state index in [1.807, 2.05) is 45.2 Å². The van der Waals surface area contributed by atoms with Crippen LogP contribution in [0.4, 0.5) is 10.2 Å². The summed E-state index contributed by atoms with van der Waals surface area (Å²) in [4.78, 5) is 29.3. The molecule has 3 aromatic rings. The van der Waals surface area contributed by atoms with Gasteiger partial charge in [0, 0.05) is 11.7 Å². The minimum Gasteiger partial charge on any atom is -0.481 e. The van der Waals surface area contributed by atoms with Crippen LogP contribution in [0.5, 0.6) is 0 Å². The van der Waals surface area contributed by atoms with Crippen molar-refractivity contribution in [2.75, 3.05) is 5.32 Å². The van der Waals surface area contributed by atoms with Crippen molar-refractivity contribution < 1.29 is 19.1 Å². The number of halogens is 1. The molecule has 2 aromatic heterocycles. The van der Waals surface area contributed by atoms with Crippen LogP contribution in [0.25, 0.3) is 5.65 Å². The van der Waals surface area contributed by atoms with E-state index in [0.717, 1.165) is 11.5 Å². The largest absolute Gasteiger partial charge is 0.481 e. The van der Waals surface area contributed by atoms with Gasteiger partial charge in [-0.25, -0.2) is 9.37 Å². The summed E-state index contributed by atoms with van der Waals surface area (Å²) in [6.45, 7) is 10.2. The molecule has 1 unspecified atom stereocenters. The molecule has 3 rings (SSSR count). The first-order valence-electron chi connectivity index (χ1n) is 10.5. The van der Waals surface area contributed by atoms with Crippen LogP contribution in [0.2, 0.25) is 0 Å². The molecule has 7 nitrogen and oxygen atoms in total. The maximum absolute atomic E-state index is 13.3. The fraction of sp³-hybridized carbons (Fsp3) is 0.375. The van der Waals surface area contributed by atoms with Gasteiger partial charge in [0.1, 0.15) is 11.6 Å². The normalized spacial score (nSPS) is 12.7. The van der Waals surface area contributed by atoms with Crippen molar-refractivity contribution in [1.29, 1.82) is 0 Å². The van der Waals surface area contributed by atoms with Gasteiger partial charge in [-0.2, -0.15) is 0 Å². The first-order chi connectivity index (χ1) is 15.0. The zero-order valence-corrected chi connectivity index (χ0v) is 18.9. The lowest BCUT2D eigenvalue weighted by Gasteiger charge is -2.23. The van der Waals surface area contributed by atoms with Crippen LogP contribution in [0.15, 0.2) is 42.6 Å². The van der Waals surface area contributed by atoms with E-state index in [-0.39, 0.29) is 17.9 Å². The molecule has 1 amide bonds. The Labute approximate surface area is 186 Å². The van der Waals surface area contributed by atoms with E-state index in [1.165, 1.54) is 24.3 Å². The molecule has 1 aromatic carbocycles. The van der Waals surface area contributed by atoms with Gasteiger partial charge >= 0.3 is 5.97 Å². The van der Waals surface area contributed by atoms with Crippen molar-refractivity contribution in [3.05, 3.63) is 65.2 Å². The van der Waals surface area contributed by atoms with Crippen molar-refractivity contribution in [3.63, 3.8) is 0 Å². The molecule has 2 heterocycles. The fourth-order valence-electron chi connectivity index (χ4n) is 3.50. The molecule has 0 radical (unpaired) electrons. The van der Waals surface area contributed by atoms with Crippen molar-refractivity contribution in [2.24, 2.45) is 0 Å². The Morgan fingerprint density at radius 3 is 2.38 bits per heavy atom. The van der Waals surface area contributed by atoms with Crippen LogP contribution < -0.4 is 10.6 Å². The third-order valence-corrected chi connectivity index (χ3v) is 4.92. The standard InChI is InChI=1S/C24H29FN4O3/c1-14(2)20-22(28-24(3,4)5)29-12-6-7-17(21(29)27-20)23(32)26-18(13-19(30)31)15-8-10-16(25)11-9-15/h6-12,14,18,28H,13H2,1-5H3,(H,26,32)(H,30,31). The van der Waals surface area contributed by atoms with Crippen LogP contribution in [0.1, 0.15) is 74.6 Å². The number of aromatic nitrogens is 2. The first-order valence-corrected chi connectivity index (χ1v) is 10.5. The molecule has 0 fully saturated rings. The number of amides is 1. The Kier molecular flexibility index (Phi) is 6.52. The Hall–Kier alpha value is -3.42. The maximum atomic E-state index is 13.3. The highest BCUT2D eigenvalue weighted by molar-refractivity contribution is 6.00. The van der Waals surface area contributed by atoms with E-state index in [9.17, 15) is 19.1 Å². The van der Waals surface area contributed by atoms with E-state index in [1.54, 1.807) is 12.1 Å². The zero-order chi connectivity index (χ0) is 23.6. The molecule has 1 atom stereocenters. The Morgan fingerprint density at radius 2 is 1.81 bits per heavy atom. The van der Waals surface area contributed by atoms with Gasteiger partial charge in [0.15, 0.2) is 5.65 Å². The highest BCUT2D eigenvalue weighted by atomic mass is 19.1. The van der Waals surface area contributed by atoms with Gasteiger partial charge in [0.05, 0.1) is 23.7 Å². The number of nitrogens with zero attached hydrogens (tertiary/aromatic N) is 2. The minimum absolute atomic E-state index is 0.120. The van der Waals surface area contributed by atoms with E-state index >= 15 is 0 Å². The molecule has 0 aliphatic carbocycles. The summed E-state index contributed by atoms with van der Waals surface area (Å²) >= 11 is 0. The number of carbonyl (C=O) groups excluding carboxylic acids is 1. The SMILES string of the molecule is CC(C)c1nc2c(C(=O)NC(CC(=O)O)c3ccc(F)cc3)cccn2c1NC(C)(C)C. The summed E-state index contributed by atoms with van der Waals surface area (Å²) < 4.78 is 15.2. The second-order valence-corrected chi connectivity index (χ2v) is 9.17. The lowest BCUT2D eigenvalue weighted by molar-refractivity contribution is -0.137. The zero-order valence-electron chi connectivity index (χ0n) is 18.9. The predicted molar refractivity (Wildman–Crippen MR) is 122 cm³/mol. The summed E-state index contributed by atoms with van der Waals surface area (Å²) in [6.07, 6.45) is 1.51. The lowest BCUT2D eigenvalue weighted by atomic mass is 10.0. The van der Waals surface area contributed by atoms with Crippen LogP contribution in [-0.2, 0) is 4.79 Å². The molecular weight excluding hydrogens is 411 g/mol. The quantitative estimate of drug-likeness (QED) is 0.493. The summed E-state index contributed by atoms with van der Waals surface area (Å²) in [7, 11) is 0. The third-order valence-electron chi connectivity index (χ3n) is 4.92. The number of aliphatic carboxylic acids is 1. The predicted octanol–water partition coefficient (Wildman–Crippen LogP) is 4.75. The highest BCUT2D eigenvalue weighted by Gasteiger charge is 2.25. The molecule has 0 aliphatic rings. The Bertz CT molecular complexity index is 1130. The number of rotatable bonds is 7. The second-order valence-electron chi connectivity index (χ2n) is 9.17. The van der Waals surface area contributed by atoms with Gasteiger partial charge < -0.3 is 15.7 Å². The Balaban J connectivity index is 2.02. The average Bonchev–Trinajstić information content (AvgIpc) is 3.05. The Morgan fingerprint density at radius 1 is 1.16 bits per heavy atom. The maximum Gasteiger partial charge on any atom is 0.305 e. The average molecular weight is 441 g/mol. The van der Waals surface area contributed by atoms with Crippen molar-refractivity contribution in [2.45, 2.75) is 58.5 Å². The molecule has 8 heteroatoms. The van der Waals surface area contributed by atoms with Gasteiger partial charge in [-0.15, -0.1) is 0 Å². The monoisotopic (exact) mass is 440 g/mol. The molecule has 32 heavy (non-hydrogen) atoms. The molecule has 0 bridgehead atoms. The lowest BCUT2D eigenvalue weighted by Crippen LogP contribution is -2.30. The van der Waals surface area contributed by atoms with Crippen LogP contribution in [0.3, 0.4) is 0 Å². The number of benzene rings is 1. The smallest absolute Gasteiger partial charge is 0.305 e. The number of anilines is 1. The van der Waals surface area contributed by atoms with E-state index in [2.05, 4.69) is 10.6 Å². The van der Waals surface area contributed by atoms with Crippen LogP contribution in [-0.4, -0.2) is 31.9 Å². The number of carboxylic acid groups (broad SMARTS) is 1. The number of nitrogens with one attached hydrogen (secondary N) is 2. The number of fused-ring (bicyclic) bond motifs is 1. The number of carboxylic acids is 1. The molecule has 0 saturated carbocycles. The third kappa shape index (κ3) is 5.25. The first kappa shape index (κ1) is 23.2. The van der Waals surface area contributed by atoms with Gasteiger partial charge in [-0.3, -0.25) is 14.0 Å². The van der Waals surface area contributed by atoms with Crippen LogP contribution in [0, 0.1) is 5.82 Å². The molecule has 3 N–H and O–H groups in total. The summed E-state index contributed by atoms with van der Waals surface area (Å²) in [5.41, 5.74) is 1.94. The molecular formula is C24H29FN4O3. The van der Waals surface area contributed by atoms with E-state index in [4.69, 9.17) is 4.98 Å². The number of imidazole rings is 1. The second kappa shape index (κ2) is 8.98. The molecule has 0 saturated heterocycles. The number of hydrogen-bond donors (Lipinski definition) is 3. The van der Waals surface area contributed by atoms with Crippen LogP contribution >= 0.6 is 0 Å². The van der Waals surface area contributed by atoms with Crippen molar-refractivity contribution in [3.8, 4) is 0 Å². The van der Waals surface area contributed by atoms with E-state index in [0.29, 0.717) is 16.8 Å². The van der Waals surface area contributed by atoms with Gasteiger partial charge in [-0.05, 0) is 56.5 Å². The van der Waals surface area contributed by atoms with Gasteiger partial charge in [-0.1, -0.05) is 26.0 Å². The van der Waals surface area contributed by atoms with Crippen molar-refractivity contribution in [1.82, 2.24) is 14.7 Å². The number of pyridine rings is 1. The topological polar surface area (TPSA) is 95.7 Å². The summed E-state index contributed by atoms with van der Waals surface area (Å²) in [5.74, 6) is -1.02. The number of hydrogen-bond acceptors (Lipinski definition) is 4. The summed E-state index contributed by atoms with van der Waals surface area (Å²) in [5, 5.41) is 15.6. The number of carbonyl (C=O) groups is 2. The molecule has 0 aliphatic heterocycles. The van der Waals surface area contributed by atoms with E-state index < -0.39 is 23.7 Å². The molecule has 170 valence electrons. The van der Waals surface area contributed by atoms with Crippen molar-refractivity contribution >= 4 is 23.3 Å². The minimum atomic E-state index is -1.07. The van der Waals surface area contributed by atoms with Gasteiger partial charge in [0.25, 0.3) is 5.91 Å². The molecule has 0 spiro atoms. The highest BCUT2D eigenvalue weighted by Crippen LogP contribution is 2.29. The summed E-state index contributed by atoms with van der Waals surface area (Å²) in [6, 6.07) is 8.03. The van der Waals surface area contributed by atoms with Gasteiger partial charge in [0.2, 0.25) is 0 Å².